The third-order valence-electron chi connectivity index (χ3n) is 5.51. The molecule has 0 aromatic heterocycles. The Morgan fingerprint density at radius 3 is 1.93 bits per heavy atom. The maximum atomic E-state index is 14.4. The predicted molar refractivity (Wildman–Crippen MR) is 109 cm³/mol. The third-order valence-corrected chi connectivity index (χ3v) is 5.51. The van der Waals surface area contributed by atoms with Crippen molar-refractivity contribution in [2.75, 3.05) is 13.2 Å². The van der Waals surface area contributed by atoms with Crippen LogP contribution in [0, 0.1) is 29.2 Å². The van der Waals surface area contributed by atoms with Gasteiger partial charge in [0.15, 0.2) is 23.1 Å². The first-order valence-electron chi connectivity index (χ1n) is 10.4. The monoisotopic (exact) mass is 422 g/mol. The van der Waals surface area contributed by atoms with Gasteiger partial charge in [-0.1, -0.05) is 18.2 Å². The van der Waals surface area contributed by atoms with Crippen molar-refractivity contribution < 1.29 is 27.0 Å². The van der Waals surface area contributed by atoms with Crippen LogP contribution in [-0.4, -0.2) is 13.2 Å². The van der Waals surface area contributed by atoms with E-state index in [-0.39, 0.29) is 42.1 Å². The summed E-state index contributed by atoms with van der Waals surface area (Å²) in [4.78, 5) is 0. The summed E-state index contributed by atoms with van der Waals surface area (Å²) in [5.41, 5.74) is 0.538. The second kappa shape index (κ2) is 10.0. The maximum absolute atomic E-state index is 14.4. The molecular formula is C24H26F4O2. The minimum atomic E-state index is -0.990. The van der Waals surface area contributed by atoms with E-state index >= 15 is 0 Å². The summed E-state index contributed by atoms with van der Waals surface area (Å²) in [6, 6.07) is 5.99. The molecule has 0 spiro atoms. The predicted octanol–water partition coefficient (Wildman–Crippen LogP) is 7.03. The van der Waals surface area contributed by atoms with E-state index in [4.69, 9.17) is 9.47 Å². The highest BCUT2D eigenvalue weighted by Gasteiger charge is 2.26. The zero-order valence-electron chi connectivity index (χ0n) is 17.2. The average molecular weight is 422 g/mol. The standard InChI is InChI=1S/C24H26F4O2/c1-3-29-19-13-11-17(21(25)23(19)27)10-7-15-5-8-16(9-6-15)18-12-14-20(30-4-2)24(28)22(18)26/h7,10-16H,3-6,8-9H2,1-2H3/t15-,16-. The van der Waals surface area contributed by atoms with Gasteiger partial charge in [0.2, 0.25) is 11.6 Å². The summed E-state index contributed by atoms with van der Waals surface area (Å²) < 4.78 is 66.9. The molecule has 0 bridgehead atoms. The van der Waals surface area contributed by atoms with Gasteiger partial charge in [-0.3, -0.25) is 0 Å². The van der Waals surface area contributed by atoms with E-state index in [0.717, 1.165) is 12.8 Å². The van der Waals surface area contributed by atoms with E-state index in [1.54, 1.807) is 26.0 Å². The summed E-state index contributed by atoms with van der Waals surface area (Å²) >= 11 is 0. The number of hydrogen-bond acceptors (Lipinski definition) is 2. The van der Waals surface area contributed by atoms with Gasteiger partial charge in [0.25, 0.3) is 0 Å². The van der Waals surface area contributed by atoms with Crippen LogP contribution in [0.1, 0.15) is 56.6 Å². The molecule has 1 fully saturated rings. The lowest BCUT2D eigenvalue weighted by molar-refractivity contribution is 0.310. The summed E-state index contributed by atoms with van der Waals surface area (Å²) in [5.74, 6) is -3.77. The van der Waals surface area contributed by atoms with Crippen LogP contribution in [-0.2, 0) is 0 Å². The van der Waals surface area contributed by atoms with Crippen LogP contribution in [0.25, 0.3) is 6.08 Å². The molecule has 3 rings (SSSR count). The molecule has 0 heterocycles. The zero-order chi connectivity index (χ0) is 21.7. The highest BCUT2D eigenvalue weighted by Crippen LogP contribution is 2.39. The van der Waals surface area contributed by atoms with Crippen molar-refractivity contribution in [2.24, 2.45) is 5.92 Å². The van der Waals surface area contributed by atoms with E-state index in [9.17, 15) is 17.6 Å². The molecule has 1 aliphatic rings. The molecule has 0 atom stereocenters. The third kappa shape index (κ3) is 4.79. The molecule has 30 heavy (non-hydrogen) atoms. The molecule has 2 aromatic carbocycles. The number of ether oxygens (including phenoxy) is 2. The quantitative estimate of drug-likeness (QED) is 0.446. The lowest BCUT2D eigenvalue weighted by atomic mass is 9.78. The number of benzene rings is 2. The fourth-order valence-electron chi connectivity index (χ4n) is 3.93. The van der Waals surface area contributed by atoms with Crippen molar-refractivity contribution in [2.45, 2.75) is 45.4 Å². The Balaban J connectivity index is 1.64. The van der Waals surface area contributed by atoms with Gasteiger partial charge in [-0.05, 0) is 75.1 Å². The van der Waals surface area contributed by atoms with Gasteiger partial charge < -0.3 is 9.47 Å². The molecule has 6 heteroatoms. The minimum Gasteiger partial charge on any atom is -0.491 e. The molecule has 0 aliphatic heterocycles. The van der Waals surface area contributed by atoms with E-state index in [0.29, 0.717) is 18.4 Å². The topological polar surface area (TPSA) is 18.5 Å². The summed E-state index contributed by atoms with van der Waals surface area (Å²) in [6.45, 7) is 3.95. The van der Waals surface area contributed by atoms with E-state index in [1.165, 1.54) is 18.2 Å². The van der Waals surface area contributed by atoms with Crippen LogP contribution in [0.2, 0.25) is 0 Å². The summed E-state index contributed by atoms with van der Waals surface area (Å²) in [7, 11) is 0. The molecule has 0 saturated heterocycles. The molecule has 2 aromatic rings. The fourth-order valence-corrected chi connectivity index (χ4v) is 3.93. The van der Waals surface area contributed by atoms with E-state index in [2.05, 4.69) is 0 Å². The number of halogens is 4. The van der Waals surface area contributed by atoms with Gasteiger partial charge in [-0.25, -0.2) is 8.78 Å². The summed E-state index contributed by atoms with van der Waals surface area (Å²) in [6.07, 6.45) is 6.35. The number of hydrogen-bond donors (Lipinski definition) is 0. The Bertz CT molecular complexity index is 903. The molecule has 2 nitrogen and oxygen atoms in total. The van der Waals surface area contributed by atoms with Crippen molar-refractivity contribution >= 4 is 6.08 Å². The highest BCUT2D eigenvalue weighted by molar-refractivity contribution is 5.52. The van der Waals surface area contributed by atoms with Crippen LogP contribution in [0.5, 0.6) is 11.5 Å². The van der Waals surface area contributed by atoms with Gasteiger partial charge in [0.05, 0.1) is 13.2 Å². The first-order chi connectivity index (χ1) is 14.5. The largest absolute Gasteiger partial charge is 0.491 e. The Hall–Kier alpha value is -2.50. The molecule has 1 saturated carbocycles. The van der Waals surface area contributed by atoms with Crippen LogP contribution in [0.4, 0.5) is 17.6 Å². The number of allylic oxidation sites excluding steroid dienone is 1. The zero-order valence-corrected chi connectivity index (χ0v) is 17.2. The first kappa shape index (κ1) is 22.2. The Morgan fingerprint density at radius 1 is 0.767 bits per heavy atom. The Kier molecular flexibility index (Phi) is 7.40. The molecule has 0 unspecified atom stereocenters. The van der Waals surface area contributed by atoms with Gasteiger partial charge in [0, 0.05) is 5.56 Å². The van der Waals surface area contributed by atoms with Crippen LogP contribution >= 0.6 is 0 Å². The lowest BCUT2D eigenvalue weighted by Gasteiger charge is -2.27. The second-order valence-electron chi connectivity index (χ2n) is 7.40. The van der Waals surface area contributed by atoms with Crippen molar-refractivity contribution in [1.29, 1.82) is 0 Å². The second-order valence-corrected chi connectivity index (χ2v) is 7.40. The smallest absolute Gasteiger partial charge is 0.201 e. The first-order valence-corrected chi connectivity index (χ1v) is 10.4. The van der Waals surface area contributed by atoms with Crippen LogP contribution in [0.3, 0.4) is 0 Å². The fraction of sp³-hybridized carbons (Fsp3) is 0.417. The maximum Gasteiger partial charge on any atom is 0.201 e. The van der Waals surface area contributed by atoms with E-state index < -0.39 is 23.3 Å². The van der Waals surface area contributed by atoms with Crippen molar-refractivity contribution in [1.82, 2.24) is 0 Å². The molecular weight excluding hydrogens is 396 g/mol. The molecule has 0 radical (unpaired) electrons. The SMILES string of the molecule is CCOc1ccc(C=C[C@H]2CC[C@H](c3ccc(OCC)c(F)c3F)CC2)c(F)c1F. The molecule has 0 amide bonds. The van der Waals surface area contributed by atoms with Gasteiger partial charge in [0.1, 0.15) is 0 Å². The van der Waals surface area contributed by atoms with E-state index in [1.807, 2.05) is 6.08 Å². The van der Waals surface area contributed by atoms with Crippen molar-refractivity contribution in [3.63, 3.8) is 0 Å². The van der Waals surface area contributed by atoms with Crippen molar-refractivity contribution in [3.8, 4) is 11.5 Å². The summed E-state index contributed by atoms with van der Waals surface area (Å²) in [5, 5.41) is 0. The van der Waals surface area contributed by atoms with Crippen molar-refractivity contribution in [3.05, 3.63) is 64.7 Å². The Morgan fingerprint density at radius 2 is 1.33 bits per heavy atom. The minimum absolute atomic E-state index is 0.0695. The van der Waals surface area contributed by atoms with Gasteiger partial charge in [-0.15, -0.1) is 0 Å². The molecule has 162 valence electrons. The van der Waals surface area contributed by atoms with Gasteiger partial charge in [-0.2, -0.15) is 8.78 Å². The normalized spacial score (nSPS) is 19.3. The highest BCUT2D eigenvalue weighted by atomic mass is 19.2. The average Bonchev–Trinajstić information content (AvgIpc) is 2.75. The van der Waals surface area contributed by atoms with Gasteiger partial charge >= 0.3 is 0 Å². The van der Waals surface area contributed by atoms with Crippen LogP contribution < -0.4 is 9.47 Å². The van der Waals surface area contributed by atoms with Crippen LogP contribution in [0.15, 0.2) is 30.3 Å². The lowest BCUT2D eigenvalue weighted by Crippen LogP contribution is -2.14. The Labute approximate surface area is 174 Å². The molecule has 0 N–H and O–H groups in total. The molecule has 1 aliphatic carbocycles. The number of rotatable bonds is 7.